The molecular formula is C16H16ClFN2O3S. The number of ether oxygens (including phenoxy) is 1. The molecule has 1 aliphatic rings. The van der Waals surface area contributed by atoms with Gasteiger partial charge in [0.15, 0.2) is 0 Å². The molecule has 1 aliphatic carbocycles. The molecule has 1 aromatic carbocycles. The molecular weight excluding hydrogens is 355 g/mol. The van der Waals surface area contributed by atoms with E-state index in [4.69, 9.17) is 16.3 Å². The topological polar surface area (TPSA) is 68.3 Å². The van der Waals surface area contributed by atoms with Gasteiger partial charge in [-0.3, -0.25) is 0 Å². The van der Waals surface area contributed by atoms with Crippen molar-refractivity contribution in [3.63, 3.8) is 0 Å². The first kappa shape index (κ1) is 17.1. The Labute approximate surface area is 144 Å². The van der Waals surface area contributed by atoms with Gasteiger partial charge in [-0.05, 0) is 30.9 Å². The molecule has 1 fully saturated rings. The van der Waals surface area contributed by atoms with Crippen LogP contribution < -0.4 is 9.46 Å². The molecule has 1 heterocycles. The lowest BCUT2D eigenvalue weighted by molar-refractivity contribution is 0.296. The van der Waals surface area contributed by atoms with Gasteiger partial charge in [0.25, 0.3) is 0 Å². The maximum Gasteiger partial charge on any atom is 0.242 e. The van der Waals surface area contributed by atoms with Crippen LogP contribution in [0.3, 0.4) is 0 Å². The molecule has 0 unspecified atom stereocenters. The summed E-state index contributed by atoms with van der Waals surface area (Å²) in [5, 5.41) is -0.342. The van der Waals surface area contributed by atoms with Crippen LogP contribution in [-0.4, -0.2) is 20.0 Å². The number of halogens is 2. The lowest BCUT2D eigenvalue weighted by atomic mass is 10.2. The van der Waals surface area contributed by atoms with E-state index in [9.17, 15) is 12.8 Å². The highest BCUT2D eigenvalue weighted by atomic mass is 35.5. The van der Waals surface area contributed by atoms with Crippen LogP contribution in [-0.2, 0) is 16.6 Å². The first-order chi connectivity index (χ1) is 11.5. The van der Waals surface area contributed by atoms with E-state index in [1.807, 2.05) is 18.2 Å². The van der Waals surface area contributed by atoms with Crippen molar-refractivity contribution in [2.75, 3.05) is 6.61 Å². The van der Waals surface area contributed by atoms with E-state index in [-0.39, 0.29) is 16.5 Å². The monoisotopic (exact) mass is 370 g/mol. The Morgan fingerprint density at radius 2 is 2.08 bits per heavy atom. The Morgan fingerprint density at radius 3 is 2.79 bits per heavy atom. The number of nitrogens with zero attached hydrogens (tertiary/aromatic N) is 1. The zero-order valence-electron chi connectivity index (χ0n) is 12.7. The van der Waals surface area contributed by atoms with Gasteiger partial charge in [0.1, 0.15) is 10.6 Å². The smallest absolute Gasteiger partial charge is 0.242 e. The average molecular weight is 371 g/mol. The Bertz CT molecular complexity index is 841. The number of sulfonamides is 1. The van der Waals surface area contributed by atoms with Gasteiger partial charge < -0.3 is 4.74 Å². The number of pyridine rings is 1. The summed E-state index contributed by atoms with van der Waals surface area (Å²) >= 11 is 5.59. The largest absolute Gasteiger partial charge is 0.493 e. The molecule has 3 rings (SSSR count). The van der Waals surface area contributed by atoms with Crippen LogP contribution in [0.25, 0.3) is 0 Å². The van der Waals surface area contributed by atoms with Gasteiger partial charge in [0.2, 0.25) is 16.0 Å². The van der Waals surface area contributed by atoms with Crippen LogP contribution in [0.15, 0.2) is 41.4 Å². The molecule has 0 spiro atoms. The van der Waals surface area contributed by atoms with Crippen molar-refractivity contribution in [3.05, 3.63) is 53.1 Å². The summed E-state index contributed by atoms with van der Waals surface area (Å²) in [6.07, 6.45) is 3.28. The summed E-state index contributed by atoms with van der Waals surface area (Å²) in [6, 6.07) is 8.28. The predicted octanol–water partition coefficient (Wildman–Crippen LogP) is 3.14. The first-order valence-corrected chi connectivity index (χ1v) is 9.33. The second kappa shape index (κ2) is 7.04. The van der Waals surface area contributed by atoms with Gasteiger partial charge in [0.05, 0.1) is 17.8 Å². The molecule has 8 heteroatoms. The Balaban J connectivity index is 1.71. The third-order valence-corrected chi connectivity index (χ3v) is 5.31. The summed E-state index contributed by atoms with van der Waals surface area (Å²) < 4.78 is 45.8. The first-order valence-electron chi connectivity index (χ1n) is 7.47. The summed E-state index contributed by atoms with van der Waals surface area (Å²) in [4.78, 5) is 3.14. The van der Waals surface area contributed by atoms with Crippen molar-refractivity contribution < 1.29 is 17.5 Å². The number of hydrogen-bond donors (Lipinski definition) is 1. The summed E-state index contributed by atoms with van der Waals surface area (Å²) in [5.41, 5.74) is 0.725. The highest BCUT2D eigenvalue weighted by Crippen LogP contribution is 2.30. The number of para-hydroxylation sites is 1. The highest BCUT2D eigenvalue weighted by molar-refractivity contribution is 7.89. The zero-order valence-corrected chi connectivity index (χ0v) is 14.3. The number of hydrogen-bond acceptors (Lipinski definition) is 4. The van der Waals surface area contributed by atoms with Gasteiger partial charge in [-0.15, -0.1) is 0 Å². The maximum absolute atomic E-state index is 13.1. The third-order valence-electron chi connectivity index (χ3n) is 3.68. The molecule has 0 atom stereocenters. The number of aromatic nitrogens is 1. The summed E-state index contributed by atoms with van der Waals surface area (Å²) in [5.74, 6) is 0.346. The van der Waals surface area contributed by atoms with Crippen LogP contribution in [0.4, 0.5) is 4.39 Å². The van der Waals surface area contributed by atoms with E-state index in [0.29, 0.717) is 18.3 Å². The molecule has 0 aliphatic heterocycles. The van der Waals surface area contributed by atoms with Crippen molar-refractivity contribution in [2.45, 2.75) is 24.3 Å². The van der Waals surface area contributed by atoms with Gasteiger partial charge in [-0.25, -0.2) is 18.1 Å². The number of rotatable bonds is 7. The van der Waals surface area contributed by atoms with Crippen molar-refractivity contribution in [3.8, 4) is 5.75 Å². The zero-order chi connectivity index (χ0) is 17.2. The number of benzene rings is 1. The van der Waals surface area contributed by atoms with Crippen molar-refractivity contribution in [1.29, 1.82) is 0 Å². The molecule has 1 N–H and O–H groups in total. The second-order valence-electron chi connectivity index (χ2n) is 5.63. The van der Waals surface area contributed by atoms with E-state index >= 15 is 0 Å². The molecule has 5 nitrogen and oxygen atoms in total. The fraction of sp³-hybridized carbons (Fsp3) is 0.312. The third kappa shape index (κ3) is 4.23. The van der Waals surface area contributed by atoms with Crippen LogP contribution in [0.2, 0.25) is 5.02 Å². The molecule has 2 aromatic rings. The van der Waals surface area contributed by atoms with Crippen LogP contribution in [0.5, 0.6) is 5.75 Å². The summed E-state index contributed by atoms with van der Waals surface area (Å²) in [6.45, 7) is 0.694. The minimum Gasteiger partial charge on any atom is -0.493 e. The molecule has 1 saturated carbocycles. The van der Waals surface area contributed by atoms with E-state index in [0.717, 1.165) is 17.8 Å². The van der Waals surface area contributed by atoms with E-state index in [1.165, 1.54) is 12.8 Å². The maximum atomic E-state index is 13.1. The van der Waals surface area contributed by atoms with Crippen molar-refractivity contribution in [1.82, 2.24) is 9.71 Å². The number of nitrogens with one attached hydrogen (secondary N) is 1. The van der Waals surface area contributed by atoms with Gasteiger partial charge in [-0.1, -0.05) is 29.8 Å². The highest BCUT2D eigenvalue weighted by Gasteiger charge is 2.22. The predicted molar refractivity (Wildman–Crippen MR) is 87.9 cm³/mol. The SMILES string of the molecule is O=S(=O)(NCc1ccccc1OCC1CC1)c1cnc(F)c(Cl)c1. The van der Waals surface area contributed by atoms with Crippen molar-refractivity contribution in [2.24, 2.45) is 5.92 Å². The lowest BCUT2D eigenvalue weighted by Crippen LogP contribution is -2.24. The van der Waals surface area contributed by atoms with E-state index in [2.05, 4.69) is 9.71 Å². The molecule has 1 aromatic heterocycles. The second-order valence-corrected chi connectivity index (χ2v) is 7.80. The molecule has 0 amide bonds. The summed E-state index contributed by atoms with van der Waals surface area (Å²) in [7, 11) is -3.85. The normalized spacial score (nSPS) is 14.6. The lowest BCUT2D eigenvalue weighted by Gasteiger charge is -2.12. The molecule has 0 saturated heterocycles. The van der Waals surface area contributed by atoms with Gasteiger partial charge in [-0.2, -0.15) is 4.39 Å². The standard InChI is InChI=1S/C16H16ClFN2O3S/c17-14-7-13(9-19-16(14)18)24(21,22)20-8-12-3-1-2-4-15(12)23-10-11-5-6-11/h1-4,7,9,11,20H,5-6,8,10H2. The quantitative estimate of drug-likeness (QED) is 0.760. The minimum absolute atomic E-state index is 0.0537. The van der Waals surface area contributed by atoms with Gasteiger partial charge >= 0.3 is 0 Å². The van der Waals surface area contributed by atoms with Crippen LogP contribution in [0.1, 0.15) is 18.4 Å². The molecule has 24 heavy (non-hydrogen) atoms. The van der Waals surface area contributed by atoms with E-state index < -0.39 is 16.0 Å². The van der Waals surface area contributed by atoms with Crippen LogP contribution >= 0.6 is 11.6 Å². The van der Waals surface area contributed by atoms with Crippen LogP contribution in [0, 0.1) is 11.9 Å². The van der Waals surface area contributed by atoms with Crippen molar-refractivity contribution >= 4 is 21.6 Å². The fourth-order valence-corrected chi connectivity index (χ4v) is 3.30. The Morgan fingerprint density at radius 1 is 1.33 bits per heavy atom. The molecule has 0 radical (unpaired) electrons. The minimum atomic E-state index is -3.85. The molecule has 0 bridgehead atoms. The molecule has 128 valence electrons. The Kier molecular flexibility index (Phi) is 5.03. The van der Waals surface area contributed by atoms with Gasteiger partial charge in [0, 0.05) is 12.1 Å². The average Bonchev–Trinajstić information content (AvgIpc) is 3.38. The fourth-order valence-electron chi connectivity index (χ4n) is 2.09. The van der Waals surface area contributed by atoms with E-state index in [1.54, 1.807) is 6.07 Å². The Hall–Kier alpha value is -1.70.